The van der Waals surface area contributed by atoms with Gasteiger partial charge in [-0.3, -0.25) is 9.59 Å². The van der Waals surface area contributed by atoms with Crippen LogP contribution < -0.4 is 0 Å². The molecule has 0 spiro atoms. The summed E-state index contributed by atoms with van der Waals surface area (Å²) in [5.41, 5.74) is 3.33. The zero-order valence-corrected chi connectivity index (χ0v) is 16.8. The van der Waals surface area contributed by atoms with Gasteiger partial charge in [-0.05, 0) is 17.2 Å². The lowest BCUT2D eigenvalue weighted by Crippen LogP contribution is -2.51. The number of esters is 2. The number of terminal acetylenes is 1. The Kier molecular flexibility index (Phi) is 7.71. The largest absolute Gasteiger partial charge is 0.492 e. The predicted molar refractivity (Wildman–Crippen MR) is 95.9 cm³/mol. The molecule has 1 rings (SSSR count). The molecule has 0 saturated heterocycles. The van der Waals surface area contributed by atoms with Crippen molar-refractivity contribution >= 4 is 20.3 Å². The first-order valence-corrected chi connectivity index (χ1v) is 10.5. The number of ether oxygens (including phenoxy) is 3. The van der Waals surface area contributed by atoms with Crippen molar-refractivity contribution in [2.24, 2.45) is 0 Å². The van der Waals surface area contributed by atoms with E-state index in [-0.39, 0.29) is 17.7 Å². The molecule has 1 aliphatic rings. The molecule has 0 saturated carbocycles. The molecular weight excluding hydrogens is 340 g/mol. The van der Waals surface area contributed by atoms with Gasteiger partial charge in [-0.2, -0.15) is 0 Å². The summed E-state index contributed by atoms with van der Waals surface area (Å²) in [6, 6.07) is 0. The van der Waals surface area contributed by atoms with Gasteiger partial charge in [-0.25, -0.2) is 0 Å². The molecule has 0 aliphatic carbocycles. The summed E-state index contributed by atoms with van der Waals surface area (Å²) in [4.78, 5) is 22.8. The molecule has 0 radical (unpaired) electrons. The SMILES string of the molecule is C#C[Si](OCC1OC=CC(OC(C)=O)[C@@H]1OC(C)=O)(C(C)C)C(C)C. The van der Waals surface area contributed by atoms with Crippen LogP contribution >= 0.6 is 0 Å². The minimum Gasteiger partial charge on any atom is -0.492 e. The van der Waals surface area contributed by atoms with Crippen LogP contribution in [0.15, 0.2) is 12.3 Å². The summed E-state index contributed by atoms with van der Waals surface area (Å²) in [5, 5.41) is 0. The van der Waals surface area contributed by atoms with Crippen molar-refractivity contribution in [1.29, 1.82) is 0 Å². The summed E-state index contributed by atoms with van der Waals surface area (Å²) in [6.45, 7) is 11.0. The maximum atomic E-state index is 11.5. The number of hydrogen-bond acceptors (Lipinski definition) is 6. The van der Waals surface area contributed by atoms with Gasteiger partial charge < -0.3 is 18.6 Å². The molecule has 6 nitrogen and oxygen atoms in total. The smallest absolute Gasteiger partial charge is 0.303 e. The average Bonchev–Trinajstić information content (AvgIpc) is 2.49. The van der Waals surface area contributed by atoms with Crippen LogP contribution in [0.5, 0.6) is 0 Å². The molecular formula is C18H28O6Si. The molecule has 0 amide bonds. The third-order valence-electron chi connectivity index (χ3n) is 4.24. The second-order valence-electron chi connectivity index (χ2n) is 6.71. The Bertz CT molecular complexity index is 540. The minimum atomic E-state index is -2.46. The number of rotatable bonds is 7. The van der Waals surface area contributed by atoms with Gasteiger partial charge in [0.25, 0.3) is 8.32 Å². The molecule has 25 heavy (non-hydrogen) atoms. The zero-order valence-electron chi connectivity index (χ0n) is 15.8. The molecule has 0 bridgehead atoms. The van der Waals surface area contributed by atoms with Gasteiger partial charge in [0.2, 0.25) is 0 Å². The highest BCUT2D eigenvalue weighted by molar-refractivity contribution is 6.84. The summed E-state index contributed by atoms with van der Waals surface area (Å²) >= 11 is 0. The maximum Gasteiger partial charge on any atom is 0.303 e. The van der Waals surface area contributed by atoms with E-state index < -0.39 is 38.6 Å². The number of carbonyl (C=O) groups excluding carboxylic acids is 2. The summed E-state index contributed by atoms with van der Waals surface area (Å²) in [7, 11) is -2.46. The molecule has 3 atom stereocenters. The van der Waals surface area contributed by atoms with E-state index in [2.05, 4.69) is 33.2 Å². The Balaban J connectivity index is 2.97. The van der Waals surface area contributed by atoms with E-state index in [1.54, 1.807) is 6.08 Å². The lowest BCUT2D eigenvalue weighted by molar-refractivity contribution is -0.175. The Hall–Kier alpha value is -1.78. The highest BCUT2D eigenvalue weighted by atomic mass is 28.4. The van der Waals surface area contributed by atoms with Gasteiger partial charge in [0.05, 0.1) is 12.9 Å². The van der Waals surface area contributed by atoms with Crippen LogP contribution in [0.25, 0.3) is 0 Å². The van der Waals surface area contributed by atoms with Crippen LogP contribution in [-0.2, 0) is 28.2 Å². The van der Waals surface area contributed by atoms with Crippen molar-refractivity contribution in [3.63, 3.8) is 0 Å². The zero-order chi connectivity index (χ0) is 19.2. The Morgan fingerprint density at radius 1 is 1.16 bits per heavy atom. The Morgan fingerprint density at radius 3 is 2.16 bits per heavy atom. The van der Waals surface area contributed by atoms with Crippen LogP contribution in [0.1, 0.15) is 41.5 Å². The minimum absolute atomic E-state index is 0.160. The number of carbonyl (C=O) groups is 2. The van der Waals surface area contributed by atoms with Crippen molar-refractivity contribution in [2.45, 2.75) is 70.9 Å². The molecule has 0 N–H and O–H groups in total. The lowest BCUT2D eigenvalue weighted by Gasteiger charge is -2.38. The van der Waals surface area contributed by atoms with Gasteiger partial charge in [-0.15, -0.1) is 12.0 Å². The molecule has 0 aromatic heterocycles. The fourth-order valence-electron chi connectivity index (χ4n) is 2.98. The molecule has 0 aromatic carbocycles. The highest BCUT2D eigenvalue weighted by Gasteiger charge is 2.44. The normalized spacial score (nSPS) is 23.1. The van der Waals surface area contributed by atoms with Crippen LogP contribution in [-0.4, -0.2) is 45.2 Å². The molecule has 0 aromatic rings. The van der Waals surface area contributed by atoms with Crippen molar-refractivity contribution in [3.05, 3.63) is 12.3 Å². The monoisotopic (exact) mass is 368 g/mol. The van der Waals surface area contributed by atoms with E-state index in [1.807, 2.05) is 0 Å². The van der Waals surface area contributed by atoms with Crippen molar-refractivity contribution in [1.82, 2.24) is 0 Å². The second kappa shape index (κ2) is 9.06. The Labute approximate surface area is 151 Å². The van der Waals surface area contributed by atoms with E-state index in [0.29, 0.717) is 0 Å². The molecule has 2 unspecified atom stereocenters. The topological polar surface area (TPSA) is 71.1 Å². The quantitative estimate of drug-likeness (QED) is 0.391. The molecule has 0 fully saturated rings. The van der Waals surface area contributed by atoms with Crippen molar-refractivity contribution in [2.75, 3.05) is 6.61 Å². The van der Waals surface area contributed by atoms with E-state index in [9.17, 15) is 9.59 Å². The van der Waals surface area contributed by atoms with Gasteiger partial charge in [0.15, 0.2) is 18.3 Å². The third-order valence-corrected chi connectivity index (χ3v) is 8.77. The lowest BCUT2D eigenvalue weighted by atomic mass is 10.1. The van der Waals surface area contributed by atoms with Crippen LogP contribution in [0.4, 0.5) is 0 Å². The van der Waals surface area contributed by atoms with E-state index >= 15 is 0 Å². The predicted octanol–water partition coefficient (Wildman–Crippen LogP) is 2.72. The van der Waals surface area contributed by atoms with Gasteiger partial charge in [-0.1, -0.05) is 27.7 Å². The highest BCUT2D eigenvalue weighted by Crippen LogP contribution is 2.33. The first kappa shape index (κ1) is 21.3. The van der Waals surface area contributed by atoms with Crippen LogP contribution in [0, 0.1) is 12.0 Å². The maximum absolute atomic E-state index is 11.5. The van der Waals surface area contributed by atoms with Crippen LogP contribution in [0.2, 0.25) is 11.1 Å². The summed E-state index contributed by atoms with van der Waals surface area (Å²) in [5.74, 6) is -0.954. The third kappa shape index (κ3) is 5.35. The molecule has 1 heterocycles. The standard InChI is InChI=1S/C18H28O6Si/c1-8-25(12(2)3,13(4)5)22-11-17-18(24-15(7)20)16(9-10-21-17)23-14(6)19/h1,9-10,12-13,16-18H,11H2,2-7H3/t16?,17?,18-/m0/s1. The van der Waals surface area contributed by atoms with Gasteiger partial charge in [0.1, 0.15) is 0 Å². The molecule has 1 aliphatic heterocycles. The summed E-state index contributed by atoms with van der Waals surface area (Å²) in [6.07, 6.45) is 6.69. The number of hydrogen-bond donors (Lipinski definition) is 0. The molecule has 7 heteroatoms. The average molecular weight is 369 g/mol. The van der Waals surface area contributed by atoms with Gasteiger partial charge in [0, 0.05) is 13.8 Å². The van der Waals surface area contributed by atoms with Crippen molar-refractivity contribution in [3.8, 4) is 12.0 Å². The Morgan fingerprint density at radius 2 is 1.72 bits per heavy atom. The first-order chi connectivity index (χ1) is 11.6. The van der Waals surface area contributed by atoms with Crippen LogP contribution in [0.3, 0.4) is 0 Å². The first-order valence-electron chi connectivity index (χ1n) is 8.42. The van der Waals surface area contributed by atoms with E-state index in [0.717, 1.165) is 0 Å². The fraction of sp³-hybridized carbons (Fsp3) is 0.667. The van der Waals surface area contributed by atoms with Crippen molar-refractivity contribution < 1.29 is 28.2 Å². The van der Waals surface area contributed by atoms with E-state index in [4.69, 9.17) is 25.1 Å². The van der Waals surface area contributed by atoms with Gasteiger partial charge >= 0.3 is 11.9 Å². The summed E-state index contributed by atoms with van der Waals surface area (Å²) < 4.78 is 22.3. The second-order valence-corrected chi connectivity index (χ2v) is 11.2. The molecule has 140 valence electrons. The fourth-order valence-corrected chi connectivity index (χ4v) is 6.17. The van der Waals surface area contributed by atoms with E-state index in [1.165, 1.54) is 20.1 Å².